The van der Waals surface area contributed by atoms with E-state index in [4.69, 9.17) is 0 Å². The van der Waals surface area contributed by atoms with Gasteiger partial charge in [0.25, 0.3) is 11.5 Å². The highest BCUT2D eigenvalue weighted by molar-refractivity contribution is 5.98. The molecule has 8 nitrogen and oxygen atoms in total. The van der Waals surface area contributed by atoms with Crippen molar-refractivity contribution in [1.82, 2.24) is 24.6 Å². The summed E-state index contributed by atoms with van der Waals surface area (Å²) < 4.78 is 29.7. The van der Waals surface area contributed by atoms with Gasteiger partial charge in [0.15, 0.2) is 0 Å². The van der Waals surface area contributed by atoms with E-state index in [1.807, 2.05) is 4.90 Å². The zero-order valence-electron chi connectivity index (χ0n) is 17.5. The summed E-state index contributed by atoms with van der Waals surface area (Å²) in [6, 6.07) is 10.0. The van der Waals surface area contributed by atoms with E-state index >= 15 is 0 Å². The fraction of sp³-hybridized carbons (Fsp3) is 0.217. The maximum atomic E-state index is 14.7. The Bertz CT molecular complexity index is 1390. The lowest BCUT2D eigenvalue weighted by Gasteiger charge is -2.23. The number of aromatic amines is 1. The molecule has 1 aliphatic rings. The lowest BCUT2D eigenvalue weighted by atomic mass is 10.1. The number of nitrogens with zero attached hydrogens (tertiary/aromatic N) is 5. The molecule has 2 aromatic heterocycles. The Kier molecular flexibility index (Phi) is 5.33. The number of amides is 1. The number of hydrogen-bond acceptors (Lipinski definition) is 5. The molecule has 2 aromatic carbocycles. The molecule has 10 heteroatoms. The van der Waals surface area contributed by atoms with E-state index in [2.05, 4.69) is 15.1 Å². The molecule has 0 radical (unpaired) electrons. The SMILES string of the molecule is O=C(c1c(F)cccc1-n1cccn1)N1CCCN(c2nc3ccc(F)cc3c(=O)[nH]2)CC1. The summed E-state index contributed by atoms with van der Waals surface area (Å²) >= 11 is 0. The van der Waals surface area contributed by atoms with Crippen molar-refractivity contribution in [2.24, 2.45) is 0 Å². The first kappa shape index (κ1) is 20.8. The highest BCUT2D eigenvalue weighted by atomic mass is 19.1. The number of aromatic nitrogens is 4. The number of nitrogens with one attached hydrogen (secondary N) is 1. The summed E-state index contributed by atoms with van der Waals surface area (Å²) in [7, 11) is 0. The van der Waals surface area contributed by atoms with Crippen LogP contribution in [0, 0.1) is 11.6 Å². The second-order valence-electron chi connectivity index (χ2n) is 7.77. The molecule has 1 saturated heterocycles. The summed E-state index contributed by atoms with van der Waals surface area (Å²) in [5, 5.41) is 4.31. The van der Waals surface area contributed by atoms with Gasteiger partial charge >= 0.3 is 0 Å². The van der Waals surface area contributed by atoms with Crippen LogP contribution in [0.3, 0.4) is 0 Å². The van der Waals surface area contributed by atoms with Crippen molar-refractivity contribution in [2.45, 2.75) is 6.42 Å². The number of carbonyl (C=O) groups is 1. The van der Waals surface area contributed by atoms with Crippen molar-refractivity contribution in [1.29, 1.82) is 0 Å². The van der Waals surface area contributed by atoms with Crippen LogP contribution in [-0.2, 0) is 0 Å². The first-order valence-electron chi connectivity index (χ1n) is 10.5. The van der Waals surface area contributed by atoms with Gasteiger partial charge < -0.3 is 9.80 Å². The topological polar surface area (TPSA) is 87.1 Å². The molecule has 33 heavy (non-hydrogen) atoms. The van der Waals surface area contributed by atoms with Crippen LogP contribution in [0.1, 0.15) is 16.8 Å². The average molecular weight is 450 g/mol. The van der Waals surface area contributed by atoms with E-state index in [-0.39, 0.29) is 10.9 Å². The number of H-pyrrole nitrogens is 1. The summed E-state index contributed by atoms with van der Waals surface area (Å²) in [6.45, 7) is 1.68. The number of fused-ring (bicyclic) bond motifs is 1. The minimum absolute atomic E-state index is 0.0334. The third kappa shape index (κ3) is 3.95. The van der Waals surface area contributed by atoms with Gasteiger partial charge in [0.1, 0.15) is 17.2 Å². The van der Waals surface area contributed by atoms with E-state index in [1.165, 1.54) is 22.9 Å². The Morgan fingerprint density at radius 2 is 1.91 bits per heavy atom. The molecule has 3 heterocycles. The van der Waals surface area contributed by atoms with Gasteiger partial charge in [0.2, 0.25) is 5.95 Å². The van der Waals surface area contributed by atoms with Crippen LogP contribution >= 0.6 is 0 Å². The predicted octanol–water partition coefficient (Wildman–Crippen LogP) is 2.74. The molecule has 0 spiro atoms. The molecule has 168 valence electrons. The van der Waals surface area contributed by atoms with Crippen LogP contribution in [0.4, 0.5) is 14.7 Å². The van der Waals surface area contributed by atoms with E-state index in [9.17, 15) is 18.4 Å². The predicted molar refractivity (Wildman–Crippen MR) is 119 cm³/mol. The van der Waals surface area contributed by atoms with E-state index < -0.39 is 23.1 Å². The number of rotatable bonds is 3. The lowest BCUT2D eigenvalue weighted by Crippen LogP contribution is -2.37. The molecular weight excluding hydrogens is 430 g/mol. The minimum Gasteiger partial charge on any atom is -0.340 e. The maximum absolute atomic E-state index is 14.7. The van der Waals surface area contributed by atoms with Gasteiger partial charge in [-0.3, -0.25) is 14.6 Å². The van der Waals surface area contributed by atoms with Crippen molar-refractivity contribution in [3.8, 4) is 5.69 Å². The van der Waals surface area contributed by atoms with Gasteiger partial charge in [0.05, 0.1) is 16.6 Å². The number of halogens is 2. The molecule has 1 fully saturated rings. The average Bonchev–Trinajstić information content (AvgIpc) is 3.23. The summed E-state index contributed by atoms with van der Waals surface area (Å²) in [6.07, 6.45) is 3.82. The summed E-state index contributed by atoms with van der Waals surface area (Å²) in [5.41, 5.74) is 0.303. The third-order valence-electron chi connectivity index (χ3n) is 5.69. The highest BCUT2D eigenvalue weighted by Gasteiger charge is 2.26. The van der Waals surface area contributed by atoms with Gasteiger partial charge in [-0.1, -0.05) is 6.07 Å². The van der Waals surface area contributed by atoms with E-state index in [0.717, 1.165) is 6.07 Å². The van der Waals surface area contributed by atoms with Gasteiger partial charge in [-0.05, 0) is 42.8 Å². The molecular formula is C23H20F2N6O2. The van der Waals surface area contributed by atoms with Crippen molar-refractivity contribution in [3.63, 3.8) is 0 Å². The molecule has 1 amide bonds. The van der Waals surface area contributed by atoms with E-state index in [1.54, 1.807) is 35.5 Å². The Morgan fingerprint density at radius 3 is 2.73 bits per heavy atom. The molecule has 0 atom stereocenters. The first-order chi connectivity index (χ1) is 16.0. The van der Waals surface area contributed by atoms with Gasteiger partial charge in [0, 0.05) is 38.6 Å². The fourth-order valence-electron chi connectivity index (χ4n) is 4.07. The maximum Gasteiger partial charge on any atom is 0.260 e. The van der Waals surface area contributed by atoms with Crippen LogP contribution in [0.25, 0.3) is 16.6 Å². The molecule has 0 saturated carbocycles. The number of hydrogen-bond donors (Lipinski definition) is 1. The molecule has 5 rings (SSSR count). The highest BCUT2D eigenvalue weighted by Crippen LogP contribution is 2.21. The molecule has 1 aliphatic heterocycles. The van der Waals surface area contributed by atoms with Gasteiger partial charge in [-0.2, -0.15) is 5.10 Å². The summed E-state index contributed by atoms with van der Waals surface area (Å²) in [5.74, 6) is -1.18. The van der Waals surface area contributed by atoms with Crippen LogP contribution < -0.4 is 10.5 Å². The summed E-state index contributed by atoms with van der Waals surface area (Å²) in [4.78, 5) is 36.4. The zero-order valence-corrected chi connectivity index (χ0v) is 17.5. The van der Waals surface area contributed by atoms with Gasteiger partial charge in [-0.15, -0.1) is 0 Å². The molecule has 0 unspecified atom stereocenters. The largest absolute Gasteiger partial charge is 0.340 e. The first-order valence-corrected chi connectivity index (χ1v) is 10.5. The van der Waals surface area contributed by atoms with Crippen LogP contribution in [0.5, 0.6) is 0 Å². The lowest BCUT2D eigenvalue weighted by molar-refractivity contribution is 0.0762. The molecule has 0 aliphatic carbocycles. The van der Waals surface area contributed by atoms with E-state index in [0.29, 0.717) is 49.8 Å². The van der Waals surface area contributed by atoms with Crippen LogP contribution in [0.2, 0.25) is 0 Å². The second kappa shape index (κ2) is 8.45. The molecule has 1 N–H and O–H groups in total. The standard InChI is InChI=1S/C23H20F2N6O2/c24-15-6-7-18-16(14-15)21(32)28-23(27-18)30-10-3-9-29(12-13-30)22(33)20-17(25)4-1-5-19(20)31-11-2-8-26-31/h1-2,4-8,11,14H,3,9-10,12-13H2,(H,27,28,32). The Balaban J connectivity index is 1.40. The number of benzene rings is 2. The van der Waals surface area contributed by atoms with Crippen LogP contribution in [-0.4, -0.2) is 56.7 Å². The van der Waals surface area contributed by atoms with Crippen molar-refractivity contribution in [3.05, 3.63) is 82.4 Å². The van der Waals surface area contributed by atoms with Crippen LogP contribution in [0.15, 0.2) is 59.7 Å². The van der Waals surface area contributed by atoms with Gasteiger partial charge in [-0.25, -0.2) is 18.4 Å². The Morgan fingerprint density at radius 1 is 1.03 bits per heavy atom. The third-order valence-corrected chi connectivity index (χ3v) is 5.69. The normalized spacial score (nSPS) is 14.5. The van der Waals surface area contributed by atoms with Crippen molar-refractivity contribution >= 4 is 22.8 Å². The number of carbonyl (C=O) groups excluding carboxylic acids is 1. The van der Waals surface area contributed by atoms with Crippen molar-refractivity contribution in [2.75, 3.05) is 31.1 Å². The van der Waals surface area contributed by atoms with Crippen molar-refractivity contribution < 1.29 is 13.6 Å². The fourth-order valence-corrected chi connectivity index (χ4v) is 4.07. The number of anilines is 1. The zero-order chi connectivity index (χ0) is 22.9. The molecule has 4 aromatic rings. The Hall–Kier alpha value is -4.08. The minimum atomic E-state index is -0.609. The smallest absolute Gasteiger partial charge is 0.260 e. The quantitative estimate of drug-likeness (QED) is 0.519. The molecule has 0 bridgehead atoms. The Labute approximate surface area is 187 Å². The second-order valence-corrected chi connectivity index (χ2v) is 7.77. The monoisotopic (exact) mass is 450 g/mol.